The van der Waals surface area contributed by atoms with Crippen molar-refractivity contribution in [2.75, 3.05) is 19.6 Å². The number of rotatable bonds is 4. The van der Waals surface area contributed by atoms with Crippen LogP contribution in [0.5, 0.6) is 0 Å². The maximum Gasteiger partial charge on any atom is 0.0123 e. The van der Waals surface area contributed by atoms with E-state index in [2.05, 4.69) is 10.2 Å². The van der Waals surface area contributed by atoms with Gasteiger partial charge in [-0.05, 0) is 76.9 Å². The summed E-state index contributed by atoms with van der Waals surface area (Å²) in [7, 11) is 0. The number of likely N-dealkylation sites (tertiary alicyclic amines) is 1. The van der Waals surface area contributed by atoms with Crippen LogP contribution in [0.15, 0.2) is 0 Å². The quantitative estimate of drug-likeness (QED) is 0.824. The van der Waals surface area contributed by atoms with E-state index < -0.39 is 0 Å². The molecule has 2 heteroatoms. The second kappa shape index (κ2) is 6.38. The Morgan fingerprint density at radius 2 is 1.83 bits per heavy atom. The highest BCUT2D eigenvalue weighted by atomic mass is 15.2. The molecule has 2 heterocycles. The van der Waals surface area contributed by atoms with Crippen molar-refractivity contribution in [3.63, 3.8) is 0 Å². The first-order valence-electron chi connectivity index (χ1n) is 8.41. The Balaban J connectivity index is 1.42. The molecular weight excluding hydrogens is 220 g/mol. The van der Waals surface area contributed by atoms with Gasteiger partial charge in [0.25, 0.3) is 0 Å². The topological polar surface area (TPSA) is 15.3 Å². The fraction of sp³-hybridized carbons (Fsp3) is 1.00. The second-order valence-electron chi connectivity index (χ2n) is 6.73. The highest BCUT2D eigenvalue weighted by Crippen LogP contribution is 2.35. The number of hydrogen-bond acceptors (Lipinski definition) is 2. The highest BCUT2D eigenvalue weighted by Gasteiger charge is 2.32. The lowest BCUT2D eigenvalue weighted by Crippen LogP contribution is -2.47. The van der Waals surface area contributed by atoms with Gasteiger partial charge in [0.1, 0.15) is 0 Å². The number of fused-ring (bicyclic) bond motifs is 1. The van der Waals surface area contributed by atoms with Gasteiger partial charge in [-0.3, -0.25) is 0 Å². The molecule has 0 bridgehead atoms. The standard InChI is InChI=1S/C16H30N2/c1-2-10-16-14(6-1)7-4-12-18(16)13-5-9-15-8-3-11-17-15/h14-17H,1-13H2/t14-,15?,16-/m1/s1. The molecule has 1 unspecified atom stereocenters. The van der Waals surface area contributed by atoms with Crippen LogP contribution in [0.2, 0.25) is 0 Å². The minimum absolute atomic E-state index is 0.844. The van der Waals surface area contributed by atoms with Crippen LogP contribution in [0.3, 0.4) is 0 Å². The Hall–Kier alpha value is -0.0800. The van der Waals surface area contributed by atoms with Crippen LogP contribution in [0, 0.1) is 5.92 Å². The SMILES string of the molecule is C1CNC(CCCN2CCC[C@H]3CCCC[C@H]32)C1. The number of piperidine rings is 1. The van der Waals surface area contributed by atoms with E-state index in [0.717, 1.165) is 18.0 Å². The lowest BCUT2D eigenvalue weighted by molar-refractivity contribution is 0.0591. The Morgan fingerprint density at radius 1 is 0.944 bits per heavy atom. The smallest absolute Gasteiger partial charge is 0.0123 e. The van der Waals surface area contributed by atoms with Gasteiger partial charge in [0.15, 0.2) is 0 Å². The molecule has 2 nitrogen and oxygen atoms in total. The van der Waals surface area contributed by atoms with E-state index in [1.807, 2.05) is 0 Å². The van der Waals surface area contributed by atoms with Crippen molar-refractivity contribution in [1.82, 2.24) is 10.2 Å². The van der Waals surface area contributed by atoms with E-state index >= 15 is 0 Å². The maximum atomic E-state index is 3.63. The van der Waals surface area contributed by atoms with E-state index in [-0.39, 0.29) is 0 Å². The van der Waals surface area contributed by atoms with Crippen molar-refractivity contribution in [1.29, 1.82) is 0 Å². The van der Waals surface area contributed by atoms with Gasteiger partial charge < -0.3 is 10.2 Å². The van der Waals surface area contributed by atoms with Crippen molar-refractivity contribution < 1.29 is 0 Å². The molecule has 0 aromatic rings. The predicted molar refractivity (Wildman–Crippen MR) is 76.8 cm³/mol. The van der Waals surface area contributed by atoms with Crippen LogP contribution < -0.4 is 5.32 Å². The van der Waals surface area contributed by atoms with Crippen LogP contribution in [-0.4, -0.2) is 36.6 Å². The predicted octanol–water partition coefficient (Wildman–Crippen LogP) is 3.17. The Kier molecular flexibility index (Phi) is 4.58. The zero-order chi connectivity index (χ0) is 12.2. The molecule has 3 rings (SSSR count). The summed E-state index contributed by atoms with van der Waals surface area (Å²) in [6, 6.07) is 1.81. The van der Waals surface area contributed by atoms with Crippen LogP contribution in [0.1, 0.15) is 64.2 Å². The van der Waals surface area contributed by atoms with Gasteiger partial charge >= 0.3 is 0 Å². The zero-order valence-corrected chi connectivity index (χ0v) is 11.9. The van der Waals surface area contributed by atoms with Crippen molar-refractivity contribution >= 4 is 0 Å². The molecule has 0 spiro atoms. The molecule has 3 fully saturated rings. The van der Waals surface area contributed by atoms with Gasteiger partial charge in [-0.1, -0.05) is 12.8 Å². The molecule has 0 radical (unpaired) electrons. The molecule has 1 saturated carbocycles. The summed E-state index contributed by atoms with van der Waals surface area (Å²) in [6.45, 7) is 4.03. The molecular formula is C16H30N2. The highest BCUT2D eigenvalue weighted by molar-refractivity contribution is 4.87. The van der Waals surface area contributed by atoms with E-state index in [1.54, 1.807) is 0 Å². The molecule has 104 valence electrons. The first-order valence-corrected chi connectivity index (χ1v) is 8.41. The van der Waals surface area contributed by atoms with Crippen molar-refractivity contribution in [2.45, 2.75) is 76.3 Å². The second-order valence-corrected chi connectivity index (χ2v) is 6.73. The Morgan fingerprint density at radius 3 is 2.72 bits per heavy atom. The Labute approximate surface area is 113 Å². The third kappa shape index (κ3) is 3.08. The number of hydrogen-bond donors (Lipinski definition) is 1. The molecule has 0 amide bonds. The van der Waals surface area contributed by atoms with Crippen molar-refractivity contribution in [2.24, 2.45) is 5.92 Å². The molecule has 2 aliphatic heterocycles. The minimum Gasteiger partial charge on any atom is -0.314 e. The number of nitrogens with zero attached hydrogens (tertiary/aromatic N) is 1. The monoisotopic (exact) mass is 250 g/mol. The third-order valence-corrected chi connectivity index (χ3v) is 5.52. The van der Waals surface area contributed by atoms with E-state index in [0.29, 0.717) is 0 Å². The first-order chi connectivity index (χ1) is 8.93. The lowest BCUT2D eigenvalue weighted by atomic mass is 9.78. The van der Waals surface area contributed by atoms with Crippen molar-refractivity contribution in [3.05, 3.63) is 0 Å². The molecule has 3 atom stereocenters. The van der Waals surface area contributed by atoms with Crippen LogP contribution >= 0.6 is 0 Å². The largest absolute Gasteiger partial charge is 0.314 e. The van der Waals surface area contributed by atoms with Crippen LogP contribution in [0.4, 0.5) is 0 Å². The molecule has 18 heavy (non-hydrogen) atoms. The summed E-state index contributed by atoms with van der Waals surface area (Å²) in [5.74, 6) is 1.05. The minimum atomic E-state index is 0.844. The molecule has 1 aliphatic carbocycles. The van der Waals surface area contributed by atoms with E-state index in [1.165, 1.54) is 83.8 Å². The molecule has 1 N–H and O–H groups in total. The fourth-order valence-corrected chi connectivity index (χ4v) is 4.55. The summed E-state index contributed by atoms with van der Waals surface area (Å²) >= 11 is 0. The van der Waals surface area contributed by atoms with Gasteiger partial charge in [-0.2, -0.15) is 0 Å². The average molecular weight is 250 g/mol. The summed E-state index contributed by atoms with van der Waals surface area (Å²) in [4.78, 5) is 2.85. The van der Waals surface area contributed by atoms with Gasteiger partial charge in [-0.15, -0.1) is 0 Å². The zero-order valence-electron chi connectivity index (χ0n) is 11.9. The summed E-state index contributed by atoms with van der Waals surface area (Å²) in [6.07, 6.45) is 14.6. The third-order valence-electron chi connectivity index (χ3n) is 5.52. The lowest BCUT2D eigenvalue weighted by Gasteiger charge is -2.44. The van der Waals surface area contributed by atoms with Crippen molar-refractivity contribution in [3.8, 4) is 0 Å². The first kappa shape index (κ1) is 12.9. The normalized spacial score (nSPS) is 37.7. The van der Waals surface area contributed by atoms with Gasteiger partial charge in [0.05, 0.1) is 0 Å². The van der Waals surface area contributed by atoms with Crippen LogP contribution in [0.25, 0.3) is 0 Å². The summed E-state index contributed by atoms with van der Waals surface area (Å²) < 4.78 is 0. The average Bonchev–Trinajstić information content (AvgIpc) is 2.92. The maximum absolute atomic E-state index is 3.63. The molecule has 0 aromatic heterocycles. The molecule has 2 saturated heterocycles. The fourth-order valence-electron chi connectivity index (χ4n) is 4.55. The van der Waals surface area contributed by atoms with E-state index in [9.17, 15) is 0 Å². The number of nitrogens with one attached hydrogen (secondary N) is 1. The molecule has 3 aliphatic rings. The summed E-state index contributed by atoms with van der Waals surface area (Å²) in [5.41, 5.74) is 0. The molecule has 0 aromatic carbocycles. The van der Waals surface area contributed by atoms with Gasteiger partial charge in [-0.25, -0.2) is 0 Å². The van der Waals surface area contributed by atoms with Gasteiger partial charge in [0.2, 0.25) is 0 Å². The van der Waals surface area contributed by atoms with Crippen LogP contribution in [-0.2, 0) is 0 Å². The van der Waals surface area contributed by atoms with Gasteiger partial charge in [0, 0.05) is 12.1 Å². The Bertz CT molecular complexity index is 245. The summed E-state index contributed by atoms with van der Waals surface area (Å²) in [5, 5.41) is 3.63. The van der Waals surface area contributed by atoms with E-state index in [4.69, 9.17) is 0 Å².